The van der Waals surface area contributed by atoms with Crippen LogP contribution in [0, 0.1) is 6.92 Å². The highest BCUT2D eigenvalue weighted by atomic mass is 79.9. The van der Waals surface area contributed by atoms with Crippen molar-refractivity contribution < 1.29 is 0 Å². The lowest BCUT2D eigenvalue weighted by Crippen LogP contribution is -2.04. The van der Waals surface area contributed by atoms with E-state index in [1.165, 1.54) is 8.66 Å². The lowest BCUT2D eigenvalue weighted by atomic mass is 10.2. The summed E-state index contributed by atoms with van der Waals surface area (Å²) in [4.78, 5) is 1.38. The second-order valence-electron chi connectivity index (χ2n) is 3.95. The Balaban J connectivity index is 1.87. The molecule has 0 saturated heterocycles. The number of benzene rings is 1. The first-order chi connectivity index (χ1) is 8.15. The van der Waals surface area contributed by atoms with Crippen molar-refractivity contribution in [1.29, 1.82) is 0 Å². The lowest BCUT2D eigenvalue weighted by molar-refractivity contribution is 1.04. The molecule has 4 heteroatoms. The normalized spacial score (nSPS) is 10.5. The van der Waals surface area contributed by atoms with E-state index in [2.05, 4.69) is 39.4 Å². The first kappa shape index (κ1) is 12.5. The van der Waals surface area contributed by atoms with Gasteiger partial charge in [-0.05, 0) is 59.1 Å². The largest absolute Gasteiger partial charge is 0.398 e. The summed E-state index contributed by atoms with van der Waals surface area (Å²) < 4.78 is 1.19. The van der Waals surface area contributed by atoms with E-state index in [1.807, 2.05) is 19.1 Å². The Bertz CT molecular complexity index is 508. The molecule has 90 valence electrons. The summed E-state index contributed by atoms with van der Waals surface area (Å²) in [5.41, 5.74) is 8.91. The second kappa shape index (κ2) is 5.56. The molecular weight excluding hydrogens is 296 g/mol. The van der Waals surface area contributed by atoms with Crippen molar-refractivity contribution in [3.05, 3.63) is 44.6 Å². The fourth-order valence-electron chi connectivity index (χ4n) is 1.57. The van der Waals surface area contributed by atoms with Crippen molar-refractivity contribution in [1.82, 2.24) is 0 Å². The topological polar surface area (TPSA) is 38.0 Å². The van der Waals surface area contributed by atoms with Crippen molar-refractivity contribution in [2.75, 3.05) is 17.6 Å². The van der Waals surface area contributed by atoms with Crippen LogP contribution < -0.4 is 11.1 Å². The van der Waals surface area contributed by atoms with Crippen LogP contribution in [0.1, 0.15) is 10.4 Å². The maximum absolute atomic E-state index is 5.86. The van der Waals surface area contributed by atoms with Crippen molar-refractivity contribution in [2.24, 2.45) is 0 Å². The van der Waals surface area contributed by atoms with Gasteiger partial charge in [-0.15, -0.1) is 11.3 Å². The zero-order chi connectivity index (χ0) is 12.3. The van der Waals surface area contributed by atoms with Crippen LogP contribution in [0.2, 0.25) is 0 Å². The summed E-state index contributed by atoms with van der Waals surface area (Å²) >= 11 is 5.25. The maximum Gasteiger partial charge on any atom is 0.0701 e. The molecule has 1 heterocycles. The highest BCUT2D eigenvalue weighted by molar-refractivity contribution is 9.11. The van der Waals surface area contributed by atoms with Gasteiger partial charge < -0.3 is 11.1 Å². The summed E-state index contributed by atoms with van der Waals surface area (Å²) in [6, 6.07) is 10.3. The molecule has 0 saturated carbocycles. The summed E-state index contributed by atoms with van der Waals surface area (Å²) in [6.07, 6.45) is 1.03. The minimum absolute atomic E-state index is 0.842. The van der Waals surface area contributed by atoms with Gasteiger partial charge in [0.05, 0.1) is 3.79 Å². The van der Waals surface area contributed by atoms with Crippen molar-refractivity contribution >= 4 is 38.6 Å². The molecule has 0 spiro atoms. The smallest absolute Gasteiger partial charge is 0.0701 e. The van der Waals surface area contributed by atoms with E-state index in [0.717, 1.165) is 29.9 Å². The van der Waals surface area contributed by atoms with Gasteiger partial charge in [-0.3, -0.25) is 0 Å². The summed E-state index contributed by atoms with van der Waals surface area (Å²) in [6.45, 7) is 2.94. The zero-order valence-corrected chi connectivity index (χ0v) is 12.1. The standard InChI is InChI=1S/C13H15BrN2S/c1-9-2-3-10(8-12(9)15)16-7-6-11-4-5-13(14)17-11/h2-5,8,16H,6-7,15H2,1H3. The van der Waals surface area contributed by atoms with E-state index in [1.54, 1.807) is 11.3 Å². The Morgan fingerprint density at radius 2 is 2.12 bits per heavy atom. The van der Waals surface area contributed by atoms with Crippen LogP contribution >= 0.6 is 27.3 Å². The van der Waals surface area contributed by atoms with Crippen LogP contribution in [0.25, 0.3) is 0 Å². The van der Waals surface area contributed by atoms with Crippen LogP contribution in [0.4, 0.5) is 11.4 Å². The molecule has 2 aromatic rings. The van der Waals surface area contributed by atoms with Crippen molar-refractivity contribution in [2.45, 2.75) is 13.3 Å². The van der Waals surface area contributed by atoms with Gasteiger partial charge >= 0.3 is 0 Å². The highest BCUT2D eigenvalue weighted by Gasteiger charge is 1.99. The number of halogens is 1. The molecule has 0 bridgehead atoms. The van der Waals surface area contributed by atoms with Gasteiger partial charge in [0.15, 0.2) is 0 Å². The van der Waals surface area contributed by atoms with Gasteiger partial charge in [0.1, 0.15) is 0 Å². The third-order valence-electron chi connectivity index (χ3n) is 2.61. The highest BCUT2D eigenvalue weighted by Crippen LogP contribution is 2.22. The van der Waals surface area contributed by atoms with Gasteiger partial charge in [0.25, 0.3) is 0 Å². The molecule has 0 amide bonds. The van der Waals surface area contributed by atoms with Crippen LogP contribution in [0.5, 0.6) is 0 Å². The number of nitrogens with one attached hydrogen (secondary N) is 1. The summed E-state index contributed by atoms with van der Waals surface area (Å²) in [5, 5.41) is 3.38. The molecule has 1 aromatic carbocycles. The fraction of sp³-hybridized carbons (Fsp3) is 0.231. The Morgan fingerprint density at radius 3 is 2.76 bits per heavy atom. The molecule has 2 rings (SSSR count). The fourth-order valence-corrected chi connectivity index (χ4v) is 3.05. The van der Waals surface area contributed by atoms with Crippen LogP contribution in [-0.2, 0) is 6.42 Å². The van der Waals surface area contributed by atoms with E-state index < -0.39 is 0 Å². The first-order valence-corrected chi connectivity index (χ1v) is 7.10. The molecule has 0 radical (unpaired) electrons. The van der Waals surface area contributed by atoms with Crippen LogP contribution in [0.15, 0.2) is 34.1 Å². The minimum atomic E-state index is 0.842. The average molecular weight is 311 g/mol. The van der Waals surface area contributed by atoms with E-state index in [9.17, 15) is 0 Å². The molecule has 17 heavy (non-hydrogen) atoms. The van der Waals surface area contributed by atoms with E-state index >= 15 is 0 Å². The molecule has 0 aliphatic rings. The van der Waals surface area contributed by atoms with Gasteiger partial charge in [-0.25, -0.2) is 0 Å². The predicted octanol–water partition coefficient (Wildman–Crippen LogP) is 4.06. The van der Waals surface area contributed by atoms with Crippen LogP contribution in [0.3, 0.4) is 0 Å². The predicted molar refractivity (Wildman–Crippen MR) is 79.8 cm³/mol. The minimum Gasteiger partial charge on any atom is -0.398 e. The van der Waals surface area contributed by atoms with Crippen molar-refractivity contribution in [3.63, 3.8) is 0 Å². The number of anilines is 2. The maximum atomic E-state index is 5.86. The summed E-state index contributed by atoms with van der Waals surface area (Å²) in [7, 11) is 0. The Morgan fingerprint density at radius 1 is 1.29 bits per heavy atom. The van der Waals surface area contributed by atoms with Crippen molar-refractivity contribution in [3.8, 4) is 0 Å². The monoisotopic (exact) mass is 310 g/mol. The Hall–Kier alpha value is -1.000. The number of thiophene rings is 1. The number of hydrogen-bond acceptors (Lipinski definition) is 3. The number of hydrogen-bond donors (Lipinski definition) is 2. The number of nitrogen functional groups attached to an aromatic ring is 1. The molecule has 3 N–H and O–H groups in total. The molecule has 0 aliphatic heterocycles. The lowest BCUT2D eigenvalue weighted by Gasteiger charge is -2.07. The first-order valence-electron chi connectivity index (χ1n) is 5.49. The number of aryl methyl sites for hydroxylation is 1. The number of rotatable bonds is 4. The average Bonchev–Trinajstić information content (AvgIpc) is 2.70. The molecule has 0 fully saturated rings. The quantitative estimate of drug-likeness (QED) is 0.836. The molecule has 0 atom stereocenters. The SMILES string of the molecule is Cc1ccc(NCCc2ccc(Br)s2)cc1N. The molecule has 0 aliphatic carbocycles. The Kier molecular flexibility index (Phi) is 4.07. The van der Waals surface area contributed by atoms with Gasteiger partial charge in [-0.2, -0.15) is 0 Å². The number of nitrogens with two attached hydrogens (primary N) is 1. The third kappa shape index (κ3) is 3.48. The molecular formula is C13H15BrN2S. The Labute approximate surface area is 114 Å². The molecule has 0 unspecified atom stereocenters. The van der Waals surface area contributed by atoms with E-state index in [-0.39, 0.29) is 0 Å². The van der Waals surface area contributed by atoms with Crippen LogP contribution in [-0.4, -0.2) is 6.54 Å². The third-order valence-corrected chi connectivity index (χ3v) is 4.29. The van der Waals surface area contributed by atoms with Gasteiger partial charge in [-0.1, -0.05) is 6.07 Å². The van der Waals surface area contributed by atoms with E-state index in [0.29, 0.717) is 0 Å². The van der Waals surface area contributed by atoms with Gasteiger partial charge in [0, 0.05) is 22.8 Å². The van der Waals surface area contributed by atoms with Gasteiger partial charge in [0.2, 0.25) is 0 Å². The van der Waals surface area contributed by atoms with E-state index in [4.69, 9.17) is 5.73 Å². The summed E-state index contributed by atoms with van der Waals surface area (Å²) in [5.74, 6) is 0. The molecule has 2 nitrogen and oxygen atoms in total. The second-order valence-corrected chi connectivity index (χ2v) is 6.50. The zero-order valence-electron chi connectivity index (χ0n) is 9.66. The molecule has 1 aromatic heterocycles.